The second-order valence-electron chi connectivity index (χ2n) is 6.72. The number of carbonyl (C=O) groups is 3. The largest absolute Gasteiger partial charge is 0.480 e. The van der Waals surface area contributed by atoms with Crippen molar-refractivity contribution in [2.24, 2.45) is 0 Å². The Morgan fingerprint density at radius 3 is 2.48 bits per heavy atom. The Kier molecular flexibility index (Phi) is 5.54. The lowest BCUT2D eigenvalue weighted by molar-refractivity contribution is -0.134. The molecule has 1 aliphatic rings. The number of para-hydroxylation sites is 1. The first-order valence-corrected chi connectivity index (χ1v) is 10.2. The Morgan fingerprint density at radius 1 is 1.10 bits per heavy atom. The zero-order chi connectivity index (χ0) is 21.3. The van der Waals surface area contributed by atoms with Gasteiger partial charge in [-0.25, -0.2) is 12.7 Å². The molecule has 2 aromatic carbocycles. The minimum absolute atomic E-state index is 0.0519. The standard InChI is InChI=1S/C20H20N2O6S/c1-13-19(24)22(20(25)16-9-4-5-10-18(16)28-13)12-17(23)14-7-6-8-15(11-14)29(26,27)21(2)3/h4-11,13H,12H2,1-3H3/t13-/m1/s1. The summed E-state index contributed by atoms with van der Waals surface area (Å²) in [6.45, 7) is 0.977. The Balaban J connectivity index is 1.92. The minimum atomic E-state index is -3.73. The van der Waals surface area contributed by atoms with Crippen LogP contribution >= 0.6 is 0 Å². The molecule has 1 atom stereocenters. The first kappa shape index (κ1) is 20.7. The normalized spacial score (nSPS) is 17.0. The maximum Gasteiger partial charge on any atom is 0.270 e. The zero-order valence-electron chi connectivity index (χ0n) is 16.2. The van der Waals surface area contributed by atoms with Crippen molar-refractivity contribution < 1.29 is 27.5 Å². The van der Waals surface area contributed by atoms with Gasteiger partial charge in [0.2, 0.25) is 10.0 Å². The van der Waals surface area contributed by atoms with Crippen molar-refractivity contribution in [3.8, 4) is 5.75 Å². The number of hydrogen-bond acceptors (Lipinski definition) is 6. The third-order valence-corrected chi connectivity index (χ3v) is 6.33. The fourth-order valence-corrected chi connectivity index (χ4v) is 3.83. The van der Waals surface area contributed by atoms with E-state index in [1.165, 1.54) is 51.4 Å². The third kappa shape index (κ3) is 3.92. The van der Waals surface area contributed by atoms with E-state index in [0.29, 0.717) is 0 Å². The molecule has 0 bridgehead atoms. The predicted molar refractivity (Wildman–Crippen MR) is 104 cm³/mol. The number of fused-ring (bicyclic) bond motifs is 1. The van der Waals surface area contributed by atoms with Gasteiger partial charge in [-0.15, -0.1) is 0 Å². The molecule has 0 spiro atoms. The summed E-state index contributed by atoms with van der Waals surface area (Å²) in [4.78, 5) is 39.1. The van der Waals surface area contributed by atoms with Gasteiger partial charge >= 0.3 is 0 Å². The van der Waals surface area contributed by atoms with Crippen LogP contribution in [0.4, 0.5) is 0 Å². The maximum atomic E-state index is 12.8. The third-order valence-electron chi connectivity index (χ3n) is 4.52. The molecule has 0 fully saturated rings. The van der Waals surface area contributed by atoms with Gasteiger partial charge in [-0.3, -0.25) is 19.3 Å². The second-order valence-corrected chi connectivity index (χ2v) is 8.88. The predicted octanol–water partition coefficient (Wildman–Crippen LogP) is 1.57. The lowest BCUT2D eigenvalue weighted by atomic mass is 10.1. The summed E-state index contributed by atoms with van der Waals surface area (Å²) >= 11 is 0. The van der Waals surface area contributed by atoms with Crippen LogP contribution in [0, 0.1) is 0 Å². The summed E-state index contributed by atoms with van der Waals surface area (Å²) in [5.74, 6) is -1.57. The molecule has 9 heteroatoms. The lowest BCUT2D eigenvalue weighted by Crippen LogP contribution is -2.44. The van der Waals surface area contributed by atoms with E-state index in [-0.39, 0.29) is 21.8 Å². The van der Waals surface area contributed by atoms with Gasteiger partial charge in [-0.2, -0.15) is 0 Å². The molecule has 0 saturated carbocycles. The van der Waals surface area contributed by atoms with Crippen LogP contribution < -0.4 is 4.74 Å². The minimum Gasteiger partial charge on any atom is -0.480 e. The van der Waals surface area contributed by atoms with Gasteiger partial charge in [0.05, 0.1) is 17.0 Å². The van der Waals surface area contributed by atoms with Crippen LogP contribution in [0.25, 0.3) is 0 Å². The van der Waals surface area contributed by atoms with Crippen molar-refractivity contribution in [3.05, 3.63) is 59.7 Å². The fourth-order valence-electron chi connectivity index (χ4n) is 2.88. The quantitative estimate of drug-likeness (QED) is 0.542. The summed E-state index contributed by atoms with van der Waals surface area (Å²) in [5.41, 5.74) is 0.265. The van der Waals surface area contributed by atoms with Crippen LogP contribution in [0.2, 0.25) is 0 Å². The average molecular weight is 416 g/mol. The molecule has 2 aromatic rings. The van der Waals surface area contributed by atoms with Crippen LogP contribution in [0.3, 0.4) is 0 Å². The number of sulfonamides is 1. The number of ether oxygens (including phenoxy) is 1. The fraction of sp³-hybridized carbons (Fsp3) is 0.250. The van der Waals surface area contributed by atoms with Crippen LogP contribution in [0.5, 0.6) is 5.75 Å². The van der Waals surface area contributed by atoms with Gasteiger partial charge in [0.15, 0.2) is 11.9 Å². The lowest BCUT2D eigenvalue weighted by Gasteiger charge is -2.20. The van der Waals surface area contributed by atoms with E-state index in [1.807, 2.05) is 0 Å². The molecule has 0 radical (unpaired) electrons. The summed E-state index contributed by atoms with van der Waals surface area (Å²) < 4.78 is 31.2. The summed E-state index contributed by atoms with van der Waals surface area (Å²) in [6, 6.07) is 11.9. The highest BCUT2D eigenvalue weighted by atomic mass is 32.2. The Morgan fingerprint density at radius 2 is 1.79 bits per heavy atom. The van der Waals surface area contributed by atoms with Gasteiger partial charge < -0.3 is 4.74 Å². The van der Waals surface area contributed by atoms with Crippen molar-refractivity contribution in [2.75, 3.05) is 20.6 Å². The SMILES string of the molecule is C[C@H]1Oc2ccccc2C(=O)N(CC(=O)c2cccc(S(=O)(=O)N(C)C)c2)C1=O. The van der Waals surface area contributed by atoms with Crippen molar-refractivity contribution in [2.45, 2.75) is 17.9 Å². The number of amides is 2. The van der Waals surface area contributed by atoms with Gasteiger partial charge in [0.25, 0.3) is 11.8 Å². The highest BCUT2D eigenvalue weighted by Crippen LogP contribution is 2.25. The molecular weight excluding hydrogens is 396 g/mol. The number of imide groups is 1. The zero-order valence-corrected chi connectivity index (χ0v) is 17.0. The Hall–Kier alpha value is -3.04. The average Bonchev–Trinajstić information content (AvgIpc) is 2.78. The monoisotopic (exact) mass is 416 g/mol. The molecule has 2 amide bonds. The Labute approximate surface area is 168 Å². The molecule has 29 heavy (non-hydrogen) atoms. The van der Waals surface area contributed by atoms with E-state index in [2.05, 4.69) is 0 Å². The van der Waals surface area contributed by atoms with Crippen molar-refractivity contribution >= 4 is 27.6 Å². The summed E-state index contributed by atoms with van der Waals surface area (Å²) in [6.07, 6.45) is -0.948. The van der Waals surface area contributed by atoms with E-state index in [9.17, 15) is 22.8 Å². The number of hydrogen-bond donors (Lipinski definition) is 0. The van der Waals surface area contributed by atoms with Crippen molar-refractivity contribution in [1.82, 2.24) is 9.21 Å². The maximum absolute atomic E-state index is 12.8. The number of Topliss-reactive ketones (excluding diaryl/α,β-unsaturated/α-hetero) is 1. The topological polar surface area (TPSA) is 101 Å². The van der Waals surface area contributed by atoms with Crippen LogP contribution in [-0.4, -0.2) is 62.0 Å². The first-order chi connectivity index (χ1) is 13.6. The number of ketones is 1. The van der Waals surface area contributed by atoms with Crippen LogP contribution in [-0.2, 0) is 14.8 Å². The molecule has 0 aromatic heterocycles. The molecule has 1 heterocycles. The molecule has 0 saturated heterocycles. The van der Waals surface area contributed by atoms with Gasteiger partial charge in [-0.05, 0) is 31.2 Å². The van der Waals surface area contributed by atoms with E-state index in [4.69, 9.17) is 4.74 Å². The van der Waals surface area contributed by atoms with E-state index < -0.39 is 40.3 Å². The molecule has 0 unspecified atom stereocenters. The first-order valence-electron chi connectivity index (χ1n) is 8.80. The molecule has 3 rings (SSSR count). The van der Waals surface area contributed by atoms with Crippen LogP contribution in [0.15, 0.2) is 53.4 Å². The smallest absolute Gasteiger partial charge is 0.270 e. The number of nitrogens with zero attached hydrogens (tertiary/aromatic N) is 2. The molecule has 0 N–H and O–H groups in total. The molecule has 0 aliphatic carbocycles. The van der Waals surface area contributed by atoms with E-state index >= 15 is 0 Å². The van der Waals surface area contributed by atoms with Crippen molar-refractivity contribution in [1.29, 1.82) is 0 Å². The Bertz CT molecular complexity index is 1090. The molecule has 152 valence electrons. The number of rotatable bonds is 5. The number of carbonyl (C=O) groups excluding carboxylic acids is 3. The number of benzene rings is 2. The van der Waals surface area contributed by atoms with Crippen LogP contribution in [0.1, 0.15) is 27.6 Å². The molecule has 1 aliphatic heterocycles. The molecular formula is C20H20N2O6S. The summed E-state index contributed by atoms with van der Waals surface area (Å²) in [5, 5.41) is 0. The molecule has 8 nitrogen and oxygen atoms in total. The van der Waals surface area contributed by atoms with Gasteiger partial charge in [0, 0.05) is 19.7 Å². The van der Waals surface area contributed by atoms with Gasteiger partial charge in [-0.1, -0.05) is 24.3 Å². The summed E-state index contributed by atoms with van der Waals surface area (Å²) in [7, 11) is -0.956. The second kappa shape index (κ2) is 7.76. The highest BCUT2D eigenvalue weighted by Gasteiger charge is 2.35. The van der Waals surface area contributed by atoms with Gasteiger partial charge in [0.1, 0.15) is 5.75 Å². The van der Waals surface area contributed by atoms with E-state index in [0.717, 1.165) is 9.21 Å². The van der Waals surface area contributed by atoms with Crippen molar-refractivity contribution in [3.63, 3.8) is 0 Å². The highest BCUT2D eigenvalue weighted by molar-refractivity contribution is 7.89. The van der Waals surface area contributed by atoms with E-state index in [1.54, 1.807) is 18.2 Å².